The lowest BCUT2D eigenvalue weighted by atomic mass is 10.1. The lowest BCUT2D eigenvalue weighted by Crippen LogP contribution is -2.20. The van der Waals surface area contributed by atoms with Crippen molar-refractivity contribution in [2.45, 2.75) is 24.7 Å². The molecule has 8 heteroatoms. The number of aryl methyl sites for hydroxylation is 1. The van der Waals surface area contributed by atoms with Gasteiger partial charge in [-0.15, -0.1) is 0 Å². The standard InChI is InChI=1S/C18H19FN2O4S/c1-12-3-8-15(11-17(12)26(24,25)20-2)21-18(23)10-9-16(22)13-4-6-14(19)7-5-13/h3-8,11,20H,9-10H2,1-2H3,(H,21,23). The molecule has 0 atom stereocenters. The van der Waals surface area contributed by atoms with Crippen LogP contribution in [-0.2, 0) is 14.8 Å². The van der Waals surface area contributed by atoms with E-state index in [1.165, 1.54) is 37.4 Å². The van der Waals surface area contributed by atoms with E-state index in [4.69, 9.17) is 0 Å². The van der Waals surface area contributed by atoms with Gasteiger partial charge in [0.05, 0.1) is 4.90 Å². The SMILES string of the molecule is CNS(=O)(=O)c1cc(NC(=O)CCC(=O)c2ccc(F)cc2)ccc1C. The van der Waals surface area contributed by atoms with Crippen molar-refractivity contribution in [1.82, 2.24) is 4.72 Å². The highest BCUT2D eigenvalue weighted by Gasteiger charge is 2.16. The van der Waals surface area contributed by atoms with Crippen molar-refractivity contribution in [3.63, 3.8) is 0 Å². The summed E-state index contributed by atoms with van der Waals surface area (Å²) in [5.74, 6) is -1.13. The number of ketones is 1. The summed E-state index contributed by atoms with van der Waals surface area (Å²) in [5, 5.41) is 2.58. The van der Waals surface area contributed by atoms with Crippen LogP contribution in [0.25, 0.3) is 0 Å². The first-order chi connectivity index (χ1) is 12.2. The van der Waals surface area contributed by atoms with Crippen molar-refractivity contribution >= 4 is 27.4 Å². The fourth-order valence-electron chi connectivity index (χ4n) is 2.31. The number of Topliss-reactive ketones (excluding diaryl/α,β-unsaturated/α-hetero) is 1. The molecule has 0 fully saturated rings. The molecular formula is C18H19FN2O4S. The average molecular weight is 378 g/mol. The van der Waals surface area contributed by atoms with Gasteiger partial charge in [0, 0.05) is 24.1 Å². The van der Waals surface area contributed by atoms with Gasteiger partial charge in [0.25, 0.3) is 0 Å². The Bertz CT molecular complexity index is 925. The fraction of sp³-hybridized carbons (Fsp3) is 0.222. The third-order valence-corrected chi connectivity index (χ3v) is 5.33. The van der Waals surface area contributed by atoms with Gasteiger partial charge >= 0.3 is 0 Å². The highest BCUT2D eigenvalue weighted by atomic mass is 32.2. The van der Waals surface area contributed by atoms with Crippen LogP contribution >= 0.6 is 0 Å². The molecule has 2 aromatic carbocycles. The van der Waals surface area contributed by atoms with E-state index in [-0.39, 0.29) is 23.5 Å². The molecule has 0 aliphatic carbocycles. The van der Waals surface area contributed by atoms with Gasteiger partial charge in [0.15, 0.2) is 5.78 Å². The number of hydrogen-bond acceptors (Lipinski definition) is 4. The predicted molar refractivity (Wildman–Crippen MR) is 96.0 cm³/mol. The van der Waals surface area contributed by atoms with Gasteiger partial charge in [-0.25, -0.2) is 17.5 Å². The Balaban J connectivity index is 2.01. The quantitative estimate of drug-likeness (QED) is 0.725. The number of benzene rings is 2. The minimum Gasteiger partial charge on any atom is -0.326 e. The van der Waals surface area contributed by atoms with Gasteiger partial charge in [0.1, 0.15) is 5.82 Å². The molecule has 2 rings (SSSR count). The molecule has 0 heterocycles. The number of sulfonamides is 1. The molecule has 0 unspecified atom stereocenters. The van der Waals surface area contributed by atoms with Crippen LogP contribution in [-0.4, -0.2) is 27.2 Å². The summed E-state index contributed by atoms with van der Waals surface area (Å²) in [7, 11) is -2.33. The minimum absolute atomic E-state index is 0.0367. The molecule has 26 heavy (non-hydrogen) atoms. The average Bonchev–Trinajstić information content (AvgIpc) is 2.61. The van der Waals surface area contributed by atoms with Crippen LogP contribution in [0.15, 0.2) is 47.4 Å². The summed E-state index contributed by atoms with van der Waals surface area (Å²) >= 11 is 0. The maximum atomic E-state index is 12.9. The van der Waals surface area contributed by atoms with Crippen molar-refractivity contribution in [1.29, 1.82) is 0 Å². The largest absolute Gasteiger partial charge is 0.326 e. The molecule has 6 nitrogen and oxygen atoms in total. The molecule has 0 spiro atoms. The van der Waals surface area contributed by atoms with E-state index in [2.05, 4.69) is 10.0 Å². The Labute approximate surface area is 151 Å². The van der Waals surface area contributed by atoms with Crippen LogP contribution in [0.1, 0.15) is 28.8 Å². The van der Waals surface area contributed by atoms with Gasteiger partial charge in [-0.3, -0.25) is 9.59 Å². The van der Waals surface area contributed by atoms with Crippen molar-refractivity contribution in [2.24, 2.45) is 0 Å². The second-order valence-corrected chi connectivity index (χ2v) is 7.52. The third-order valence-electron chi connectivity index (χ3n) is 3.78. The van der Waals surface area contributed by atoms with E-state index in [0.717, 1.165) is 0 Å². The smallest absolute Gasteiger partial charge is 0.240 e. The summed E-state index contributed by atoms with van der Waals surface area (Å²) < 4.78 is 39.0. The maximum Gasteiger partial charge on any atom is 0.240 e. The van der Waals surface area contributed by atoms with Gasteiger partial charge in [-0.05, 0) is 55.9 Å². The molecule has 138 valence electrons. The zero-order valence-corrected chi connectivity index (χ0v) is 15.2. The Kier molecular flexibility index (Phi) is 6.23. The first-order valence-electron chi connectivity index (χ1n) is 7.86. The second kappa shape index (κ2) is 8.20. The zero-order valence-electron chi connectivity index (χ0n) is 14.4. The van der Waals surface area contributed by atoms with Gasteiger partial charge in [0.2, 0.25) is 15.9 Å². The molecule has 0 bridgehead atoms. The van der Waals surface area contributed by atoms with E-state index in [0.29, 0.717) is 16.8 Å². The first-order valence-corrected chi connectivity index (χ1v) is 9.34. The molecule has 0 aliphatic heterocycles. The number of halogens is 1. The number of amides is 1. The topological polar surface area (TPSA) is 92.3 Å². The number of nitrogens with one attached hydrogen (secondary N) is 2. The number of hydrogen-bond donors (Lipinski definition) is 2. The van der Waals surface area contributed by atoms with Crippen LogP contribution in [0.4, 0.5) is 10.1 Å². The summed E-state index contributed by atoms with van der Waals surface area (Å²) in [6.45, 7) is 1.65. The normalized spacial score (nSPS) is 11.2. The number of carbonyl (C=O) groups excluding carboxylic acids is 2. The van der Waals surface area contributed by atoms with Crippen molar-refractivity contribution < 1.29 is 22.4 Å². The lowest BCUT2D eigenvalue weighted by Gasteiger charge is -2.10. The summed E-state index contributed by atoms with van der Waals surface area (Å²) in [6.07, 6.45) is -0.108. The van der Waals surface area contributed by atoms with Gasteiger partial charge in [-0.2, -0.15) is 0 Å². The predicted octanol–water partition coefficient (Wildman–Crippen LogP) is 2.64. The molecule has 0 aromatic heterocycles. The van der Waals surface area contributed by atoms with Crippen LogP contribution < -0.4 is 10.0 Å². The summed E-state index contributed by atoms with van der Waals surface area (Å²) in [5.41, 5.74) is 1.20. The number of rotatable bonds is 7. The molecular weight excluding hydrogens is 359 g/mol. The molecule has 0 aliphatic rings. The van der Waals surface area contributed by atoms with E-state index >= 15 is 0 Å². The third kappa shape index (κ3) is 4.96. The van der Waals surface area contributed by atoms with E-state index < -0.39 is 21.7 Å². The molecule has 0 saturated heterocycles. The Morgan fingerprint density at radius 3 is 2.31 bits per heavy atom. The maximum absolute atomic E-state index is 12.9. The van der Waals surface area contributed by atoms with Crippen LogP contribution in [0.5, 0.6) is 0 Å². The monoisotopic (exact) mass is 378 g/mol. The van der Waals surface area contributed by atoms with E-state index in [9.17, 15) is 22.4 Å². The molecule has 0 saturated carbocycles. The van der Waals surface area contributed by atoms with Gasteiger partial charge < -0.3 is 5.32 Å². The number of anilines is 1. The van der Waals surface area contributed by atoms with Crippen molar-refractivity contribution in [3.05, 3.63) is 59.4 Å². The van der Waals surface area contributed by atoms with E-state index in [1.54, 1.807) is 19.1 Å². The zero-order chi connectivity index (χ0) is 19.3. The number of carbonyl (C=O) groups is 2. The highest BCUT2D eigenvalue weighted by molar-refractivity contribution is 7.89. The Morgan fingerprint density at radius 1 is 1.04 bits per heavy atom. The molecule has 0 radical (unpaired) electrons. The van der Waals surface area contributed by atoms with E-state index in [1.807, 2.05) is 0 Å². The minimum atomic E-state index is -3.64. The fourth-order valence-corrected chi connectivity index (χ4v) is 3.30. The van der Waals surface area contributed by atoms with Crippen molar-refractivity contribution in [2.75, 3.05) is 12.4 Å². The molecule has 1 amide bonds. The first kappa shape index (κ1) is 19.7. The summed E-state index contributed by atoms with van der Waals surface area (Å²) in [6, 6.07) is 9.63. The summed E-state index contributed by atoms with van der Waals surface area (Å²) in [4.78, 5) is 24.1. The second-order valence-electron chi connectivity index (χ2n) is 5.67. The lowest BCUT2D eigenvalue weighted by molar-refractivity contribution is -0.116. The van der Waals surface area contributed by atoms with Crippen molar-refractivity contribution in [3.8, 4) is 0 Å². The molecule has 2 N–H and O–H groups in total. The van der Waals surface area contributed by atoms with Crippen LogP contribution in [0.2, 0.25) is 0 Å². The highest BCUT2D eigenvalue weighted by Crippen LogP contribution is 2.20. The Hall–Kier alpha value is -2.58. The van der Waals surface area contributed by atoms with Crippen LogP contribution in [0, 0.1) is 12.7 Å². The van der Waals surface area contributed by atoms with Crippen LogP contribution in [0.3, 0.4) is 0 Å². The molecule has 2 aromatic rings. The van der Waals surface area contributed by atoms with Gasteiger partial charge in [-0.1, -0.05) is 6.07 Å². The Morgan fingerprint density at radius 2 is 1.69 bits per heavy atom.